The number of aliphatic hydroxyl groups is 1. The summed E-state index contributed by atoms with van der Waals surface area (Å²) in [6, 6.07) is 12.8. The number of amides is 1. The van der Waals surface area contributed by atoms with Crippen molar-refractivity contribution in [2.24, 2.45) is 5.92 Å². The minimum Gasteiger partial charge on any atom is -0.483 e. The number of hydrogen-bond donors (Lipinski definition) is 4. The summed E-state index contributed by atoms with van der Waals surface area (Å²) >= 11 is 0. The second-order valence-corrected chi connectivity index (χ2v) is 15.0. The standard InChI is InChI=1S/C33H48N4O4S.CH2O2/c1-7-25-22-37-16-17-42(40,41)36(6)29-20-26(19-27(25)31(29)37)32(39)35-28(18-24-13-9-8-10-14-24)30(38)21-34-33(4,5)15-11-12-23(2)3;2-1-3/h8-10,13-14,19-20,22-23,28,30,34,38H,7,11-12,15-18,21H2,1-6H3,(H,35,39);1H,(H,2,3)/t28-,30+;/m0./s1. The Morgan fingerprint density at radius 1 is 1.16 bits per heavy atom. The van der Waals surface area contributed by atoms with E-state index in [2.05, 4.69) is 45.3 Å². The first-order valence-corrected chi connectivity index (χ1v) is 17.3. The van der Waals surface area contributed by atoms with Crippen LogP contribution in [0.5, 0.6) is 0 Å². The number of nitrogens with one attached hydrogen (secondary N) is 2. The molecule has 3 aromatic rings. The molecule has 10 nitrogen and oxygen atoms in total. The second-order valence-electron chi connectivity index (χ2n) is 12.9. The number of aryl methyl sites for hydroxylation is 2. The van der Waals surface area contributed by atoms with Gasteiger partial charge in [-0.05, 0) is 62.3 Å². The van der Waals surface area contributed by atoms with Gasteiger partial charge in [0.05, 0.1) is 29.1 Å². The Balaban J connectivity index is 0.00000177. The van der Waals surface area contributed by atoms with Crippen LogP contribution in [-0.2, 0) is 34.2 Å². The van der Waals surface area contributed by atoms with Crippen LogP contribution in [0.15, 0.2) is 48.7 Å². The van der Waals surface area contributed by atoms with Gasteiger partial charge in [0.1, 0.15) is 0 Å². The third kappa shape index (κ3) is 9.54. The van der Waals surface area contributed by atoms with Gasteiger partial charge >= 0.3 is 0 Å². The molecule has 1 amide bonds. The molecule has 1 aliphatic rings. The average Bonchev–Trinajstić information content (AvgIpc) is 3.32. The molecule has 1 aliphatic heterocycles. The molecule has 248 valence electrons. The molecule has 0 aliphatic carbocycles. The van der Waals surface area contributed by atoms with Crippen molar-refractivity contribution >= 4 is 39.0 Å². The van der Waals surface area contributed by atoms with Crippen LogP contribution in [0.25, 0.3) is 10.9 Å². The highest BCUT2D eigenvalue weighted by Gasteiger charge is 2.30. The topological polar surface area (TPSA) is 141 Å². The Labute approximate surface area is 267 Å². The molecule has 4 rings (SSSR count). The van der Waals surface area contributed by atoms with Crippen molar-refractivity contribution in [2.75, 3.05) is 23.7 Å². The zero-order valence-corrected chi connectivity index (χ0v) is 28.2. The van der Waals surface area contributed by atoms with Crippen LogP contribution in [-0.4, -0.2) is 72.6 Å². The van der Waals surface area contributed by atoms with Crippen molar-refractivity contribution in [3.05, 3.63) is 65.4 Å². The lowest BCUT2D eigenvalue weighted by Gasteiger charge is -2.31. The monoisotopic (exact) mass is 642 g/mol. The molecule has 0 unspecified atom stereocenters. The Morgan fingerprint density at radius 3 is 2.44 bits per heavy atom. The van der Waals surface area contributed by atoms with E-state index in [9.17, 15) is 18.3 Å². The fourth-order valence-electron chi connectivity index (χ4n) is 5.78. The average molecular weight is 643 g/mol. The van der Waals surface area contributed by atoms with Crippen LogP contribution in [0.3, 0.4) is 0 Å². The summed E-state index contributed by atoms with van der Waals surface area (Å²) in [5.41, 5.74) is 3.63. The van der Waals surface area contributed by atoms with Gasteiger partial charge in [0.15, 0.2) is 0 Å². The number of sulfonamides is 1. The summed E-state index contributed by atoms with van der Waals surface area (Å²) in [7, 11) is -1.97. The quantitative estimate of drug-likeness (QED) is 0.200. The van der Waals surface area contributed by atoms with Crippen LogP contribution >= 0.6 is 0 Å². The van der Waals surface area contributed by atoms with Gasteiger partial charge in [-0.2, -0.15) is 0 Å². The number of anilines is 1. The molecular formula is C34H50N4O6S. The molecule has 45 heavy (non-hydrogen) atoms. The number of carbonyl (C=O) groups excluding carboxylic acids is 1. The maximum Gasteiger partial charge on any atom is 0.290 e. The minimum absolute atomic E-state index is 0.00119. The first-order valence-electron chi connectivity index (χ1n) is 15.7. The Morgan fingerprint density at radius 2 is 1.82 bits per heavy atom. The van der Waals surface area contributed by atoms with Gasteiger partial charge in [0, 0.05) is 42.8 Å². The van der Waals surface area contributed by atoms with Gasteiger partial charge in [-0.25, -0.2) is 8.42 Å². The fraction of sp³-hybridized carbons (Fsp3) is 0.529. The molecule has 0 radical (unpaired) electrons. The predicted octanol–water partition coefficient (Wildman–Crippen LogP) is 4.58. The van der Waals surface area contributed by atoms with Gasteiger partial charge in [-0.3, -0.25) is 13.9 Å². The van der Waals surface area contributed by atoms with E-state index >= 15 is 0 Å². The van der Waals surface area contributed by atoms with Crippen LogP contribution in [0.1, 0.15) is 75.4 Å². The van der Waals surface area contributed by atoms with Crippen molar-refractivity contribution in [3.8, 4) is 0 Å². The van der Waals surface area contributed by atoms with Crippen LogP contribution < -0.4 is 14.9 Å². The second kappa shape index (κ2) is 15.7. The zero-order valence-electron chi connectivity index (χ0n) is 27.4. The number of benzene rings is 2. The molecule has 11 heteroatoms. The first kappa shape index (κ1) is 36.1. The summed E-state index contributed by atoms with van der Waals surface area (Å²) < 4.78 is 29.2. The molecule has 2 atom stereocenters. The number of carboxylic acid groups (broad SMARTS) is 1. The van der Waals surface area contributed by atoms with Gasteiger partial charge in [0.2, 0.25) is 10.0 Å². The third-order valence-electron chi connectivity index (χ3n) is 8.48. The number of nitrogens with zero attached hydrogens (tertiary/aromatic N) is 2. The Hall–Kier alpha value is -3.41. The van der Waals surface area contributed by atoms with E-state index in [1.54, 1.807) is 13.1 Å². The molecule has 0 fully saturated rings. The minimum atomic E-state index is -3.52. The van der Waals surface area contributed by atoms with Crippen LogP contribution in [0.4, 0.5) is 5.69 Å². The molecule has 0 saturated heterocycles. The summed E-state index contributed by atoms with van der Waals surface area (Å²) in [5, 5.41) is 25.8. The van der Waals surface area contributed by atoms with Gasteiger partial charge in [0.25, 0.3) is 12.4 Å². The van der Waals surface area contributed by atoms with Crippen molar-refractivity contribution in [1.82, 2.24) is 15.2 Å². The Bertz CT molecular complexity index is 1540. The molecule has 0 bridgehead atoms. The lowest BCUT2D eigenvalue weighted by molar-refractivity contribution is -0.122. The highest BCUT2D eigenvalue weighted by Crippen LogP contribution is 2.35. The lowest BCUT2D eigenvalue weighted by atomic mass is 9.93. The third-order valence-corrected chi connectivity index (χ3v) is 10.2. The van der Waals surface area contributed by atoms with Crippen molar-refractivity contribution in [2.45, 2.75) is 91.0 Å². The van der Waals surface area contributed by atoms with Crippen LogP contribution in [0.2, 0.25) is 0 Å². The number of carbonyl (C=O) groups is 2. The molecule has 0 spiro atoms. The molecule has 0 saturated carbocycles. The van der Waals surface area contributed by atoms with E-state index in [1.807, 2.05) is 47.2 Å². The van der Waals surface area contributed by atoms with Crippen molar-refractivity contribution < 1.29 is 28.2 Å². The summed E-state index contributed by atoms with van der Waals surface area (Å²) in [4.78, 5) is 22.2. The number of aromatic nitrogens is 1. The van der Waals surface area contributed by atoms with E-state index < -0.39 is 22.2 Å². The normalized spacial score (nSPS) is 15.6. The highest BCUT2D eigenvalue weighted by molar-refractivity contribution is 7.92. The van der Waals surface area contributed by atoms with Gasteiger partial charge < -0.3 is 25.4 Å². The van der Waals surface area contributed by atoms with E-state index in [0.29, 0.717) is 36.7 Å². The number of β-amino-alcohol motifs (C(OH)–C–C–N with tert-alkyl or cyclic N) is 1. The van der Waals surface area contributed by atoms with Gasteiger partial charge in [-0.15, -0.1) is 0 Å². The molecular weight excluding hydrogens is 592 g/mol. The summed E-state index contributed by atoms with van der Waals surface area (Å²) in [6.07, 6.45) is 5.65. The molecule has 2 aromatic carbocycles. The fourth-order valence-corrected chi connectivity index (χ4v) is 6.92. The number of hydrogen-bond acceptors (Lipinski definition) is 6. The SMILES string of the molecule is CCc1cn2c3c(cc(C(=O)N[C@@H](Cc4ccccc4)[C@H](O)CNC(C)(C)CCCC(C)C)cc13)N(C)S(=O)(=O)CC2.O=CO. The molecule has 2 heterocycles. The van der Waals surface area contributed by atoms with Gasteiger partial charge in [-0.1, -0.05) is 63.9 Å². The van der Waals surface area contributed by atoms with E-state index in [-0.39, 0.29) is 23.7 Å². The predicted molar refractivity (Wildman–Crippen MR) is 180 cm³/mol. The zero-order chi connectivity index (χ0) is 33.4. The maximum absolute atomic E-state index is 13.8. The highest BCUT2D eigenvalue weighted by atomic mass is 32.2. The van der Waals surface area contributed by atoms with Crippen LogP contribution in [0, 0.1) is 5.92 Å². The molecule has 4 N–H and O–H groups in total. The van der Waals surface area contributed by atoms with E-state index in [1.165, 1.54) is 4.31 Å². The smallest absolute Gasteiger partial charge is 0.290 e. The van der Waals surface area contributed by atoms with E-state index in [4.69, 9.17) is 9.90 Å². The number of rotatable bonds is 13. The Kier molecular flexibility index (Phi) is 12.6. The van der Waals surface area contributed by atoms with Crippen molar-refractivity contribution in [3.63, 3.8) is 0 Å². The van der Waals surface area contributed by atoms with Crippen molar-refractivity contribution in [1.29, 1.82) is 0 Å². The molecule has 1 aromatic heterocycles. The first-order chi connectivity index (χ1) is 21.2. The largest absolute Gasteiger partial charge is 0.483 e. The van der Waals surface area contributed by atoms with E-state index in [0.717, 1.165) is 47.7 Å². The summed E-state index contributed by atoms with van der Waals surface area (Å²) in [5.74, 6) is 0.315. The lowest BCUT2D eigenvalue weighted by Crippen LogP contribution is -2.52. The number of aliphatic hydroxyl groups excluding tert-OH is 1. The summed E-state index contributed by atoms with van der Waals surface area (Å²) in [6.45, 7) is 11.3. The maximum atomic E-state index is 13.8.